The number of nitrogens with zero attached hydrogens (tertiary/aromatic N) is 2. The number of benzene rings is 1. The first kappa shape index (κ1) is 16.7. The number of hydrogen-bond donors (Lipinski definition) is 0. The number of imide groups is 1. The van der Waals surface area contributed by atoms with Crippen molar-refractivity contribution in [3.05, 3.63) is 42.0 Å². The number of hydrogen-bond acceptors (Lipinski definition) is 4. The molecule has 0 unspecified atom stereocenters. The van der Waals surface area contributed by atoms with E-state index in [9.17, 15) is 9.59 Å². The molecule has 2 saturated carbocycles. The Balaban J connectivity index is 1.43. The normalized spacial score (nSPS) is 37.0. The summed E-state index contributed by atoms with van der Waals surface area (Å²) in [5.74, 6) is -0.0822. The molecule has 0 spiro atoms. The zero-order valence-corrected chi connectivity index (χ0v) is 15.8. The maximum atomic E-state index is 13.1. The lowest BCUT2D eigenvalue weighted by molar-refractivity contribution is -0.146. The van der Waals surface area contributed by atoms with Gasteiger partial charge in [0.2, 0.25) is 11.8 Å². The Bertz CT molecular complexity index is 867. The Morgan fingerprint density at radius 3 is 2.33 bits per heavy atom. The monoisotopic (exact) mass is 364 g/mol. The fourth-order valence-electron chi connectivity index (χ4n) is 5.70. The summed E-state index contributed by atoms with van der Waals surface area (Å²) >= 11 is 0. The van der Waals surface area contributed by atoms with Crippen LogP contribution in [0.15, 0.2) is 41.6 Å². The van der Waals surface area contributed by atoms with Crippen LogP contribution in [0.25, 0.3) is 6.08 Å². The molecule has 2 aliphatic heterocycles. The van der Waals surface area contributed by atoms with E-state index in [1.165, 1.54) is 4.90 Å². The van der Waals surface area contributed by atoms with E-state index in [0.717, 1.165) is 17.7 Å². The number of carbonyl (C=O) groups is 2. The van der Waals surface area contributed by atoms with Crippen molar-refractivity contribution in [3.8, 4) is 0 Å². The quantitative estimate of drug-likeness (QED) is 0.758. The van der Waals surface area contributed by atoms with E-state index >= 15 is 0 Å². The second-order valence-electron chi connectivity index (χ2n) is 9.15. The highest BCUT2D eigenvalue weighted by molar-refractivity contribution is 6.08. The van der Waals surface area contributed by atoms with Crippen molar-refractivity contribution in [2.45, 2.75) is 38.8 Å². The molecule has 1 saturated heterocycles. The Hall–Kier alpha value is -2.43. The second kappa shape index (κ2) is 5.54. The van der Waals surface area contributed by atoms with Gasteiger partial charge in [0.1, 0.15) is 6.10 Å². The molecule has 2 aliphatic carbocycles. The summed E-state index contributed by atoms with van der Waals surface area (Å²) in [5, 5.41) is 4.31. The Labute approximate surface area is 159 Å². The summed E-state index contributed by atoms with van der Waals surface area (Å²) in [6, 6.07) is 10.1. The molecule has 2 amide bonds. The first-order valence-corrected chi connectivity index (χ1v) is 9.72. The van der Waals surface area contributed by atoms with Crippen molar-refractivity contribution in [1.29, 1.82) is 0 Å². The molecule has 6 atom stereocenters. The second-order valence-corrected chi connectivity index (χ2v) is 9.15. The van der Waals surface area contributed by atoms with Gasteiger partial charge < -0.3 is 4.84 Å². The largest absolute Gasteiger partial charge is 0.391 e. The first-order chi connectivity index (χ1) is 12.9. The minimum Gasteiger partial charge on any atom is -0.391 e. The fraction of sp³-hybridized carbons (Fsp3) is 0.500. The molecular weight excluding hydrogens is 340 g/mol. The summed E-state index contributed by atoms with van der Waals surface area (Å²) in [7, 11) is 0. The lowest BCUT2D eigenvalue weighted by atomic mass is 9.72. The standard InChI is InChI=1S/C22H24N2O3/c1-22(2,3)24-20(25)17-13-11-14(18(17)21(24)26)19-16(13)15(23-27-19)10-9-12-7-5-4-6-8-12/h4-10,13-14,16-19H,11H2,1-3H3/t13-,14-,16-,17-,18+,19-/m1/s1. The van der Waals surface area contributed by atoms with Crippen LogP contribution in [0.4, 0.5) is 0 Å². The van der Waals surface area contributed by atoms with Crippen LogP contribution >= 0.6 is 0 Å². The number of oxime groups is 1. The lowest BCUT2D eigenvalue weighted by Gasteiger charge is -2.31. The number of fused-ring (bicyclic) bond motifs is 8. The van der Waals surface area contributed by atoms with E-state index in [-0.39, 0.29) is 47.5 Å². The van der Waals surface area contributed by atoms with Crippen molar-refractivity contribution in [2.75, 3.05) is 0 Å². The molecule has 1 aromatic carbocycles. The van der Waals surface area contributed by atoms with Gasteiger partial charge in [-0.15, -0.1) is 0 Å². The van der Waals surface area contributed by atoms with E-state index in [2.05, 4.69) is 5.16 Å². The lowest BCUT2D eigenvalue weighted by Crippen LogP contribution is -2.46. The molecule has 0 radical (unpaired) electrons. The zero-order chi connectivity index (χ0) is 18.9. The van der Waals surface area contributed by atoms with Crippen LogP contribution in [0.1, 0.15) is 32.8 Å². The molecule has 2 heterocycles. The average molecular weight is 364 g/mol. The zero-order valence-electron chi connectivity index (χ0n) is 15.8. The van der Waals surface area contributed by atoms with Gasteiger partial charge in [0.15, 0.2) is 0 Å². The van der Waals surface area contributed by atoms with Gasteiger partial charge in [-0.3, -0.25) is 14.5 Å². The summed E-state index contributed by atoms with van der Waals surface area (Å²) in [6.45, 7) is 5.79. The minimum atomic E-state index is -0.474. The van der Waals surface area contributed by atoms with Crippen molar-refractivity contribution in [1.82, 2.24) is 4.90 Å². The first-order valence-electron chi connectivity index (χ1n) is 9.72. The number of allylic oxidation sites excluding steroid dienone is 1. The van der Waals surface area contributed by atoms with Crippen LogP contribution in [0.3, 0.4) is 0 Å². The van der Waals surface area contributed by atoms with Gasteiger partial charge in [-0.1, -0.05) is 41.6 Å². The molecule has 5 nitrogen and oxygen atoms in total. The van der Waals surface area contributed by atoms with Gasteiger partial charge in [-0.2, -0.15) is 0 Å². The predicted octanol–water partition coefficient (Wildman–Crippen LogP) is 3.12. The van der Waals surface area contributed by atoms with Crippen molar-refractivity contribution in [3.63, 3.8) is 0 Å². The number of carbonyl (C=O) groups excluding carboxylic acids is 2. The number of rotatable bonds is 2. The fourth-order valence-corrected chi connectivity index (χ4v) is 5.70. The van der Waals surface area contributed by atoms with Gasteiger partial charge in [0.25, 0.3) is 0 Å². The summed E-state index contributed by atoms with van der Waals surface area (Å²) in [6.07, 6.45) is 4.87. The van der Waals surface area contributed by atoms with E-state index in [0.29, 0.717) is 0 Å². The minimum absolute atomic E-state index is 0.00161. The Morgan fingerprint density at radius 2 is 1.67 bits per heavy atom. The van der Waals surface area contributed by atoms with Crippen molar-refractivity contribution in [2.24, 2.45) is 34.7 Å². The predicted molar refractivity (Wildman–Crippen MR) is 101 cm³/mol. The molecule has 0 aromatic heterocycles. The van der Waals surface area contributed by atoms with Crippen molar-refractivity contribution >= 4 is 23.6 Å². The Kier molecular flexibility index (Phi) is 3.43. The molecule has 140 valence electrons. The van der Waals surface area contributed by atoms with Crippen LogP contribution in [-0.2, 0) is 14.4 Å². The summed E-state index contributed by atoms with van der Waals surface area (Å²) in [5.41, 5.74) is 1.54. The van der Waals surface area contributed by atoms with E-state index < -0.39 is 5.54 Å². The van der Waals surface area contributed by atoms with Gasteiger partial charge in [0.05, 0.1) is 17.5 Å². The molecule has 2 bridgehead atoms. The van der Waals surface area contributed by atoms with Crippen LogP contribution < -0.4 is 0 Å². The number of amides is 2. The third-order valence-corrected chi connectivity index (χ3v) is 6.64. The maximum absolute atomic E-state index is 13.1. The average Bonchev–Trinajstić information content (AvgIpc) is 3.33. The van der Waals surface area contributed by atoms with Gasteiger partial charge in [-0.05, 0) is 44.7 Å². The molecule has 5 rings (SSSR count). The van der Waals surface area contributed by atoms with E-state index in [4.69, 9.17) is 4.84 Å². The van der Waals surface area contributed by atoms with Gasteiger partial charge in [0, 0.05) is 17.4 Å². The number of likely N-dealkylation sites (tertiary alicyclic amines) is 1. The van der Waals surface area contributed by atoms with E-state index in [1.54, 1.807) is 0 Å². The van der Waals surface area contributed by atoms with E-state index in [1.807, 2.05) is 63.3 Å². The molecule has 0 N–H and O–H groups in total. The topological polar surface area (TPSA) is 59.0 Å². The highest BCUT2D eigenvalue weighted by atomic mass is 16.6. The maximum Gasteiger partial charge on any atom is 0.234 e. The van der Waals surface area contributed by atoms with Crippen LogP contribution in [0.2, 0.25) is 0 Å². The third kappa shape index (κ3) is 2.27. The molecular formula is C22H24N2O3. The van der Waals surface area contributed by atoms with Crippen LogP contribution in [0, 0.1) is 29.6 Å². The summed E-state index contributed by atoms with van der Waals surface area (Å²) in [4.78, 5) is 33.4. The van der Waals surface area contributed by atoms with Gasteiger partial charge in [-0.25, -0.2) is 0 Å². The third-order valence-electron chi connectivity index (χ3n) is 6.64. The molecule has 1 aromatic rings. The highest BCUT2D eigenvalue weighted by Crippen LogP contribution is 2.61. The van der Waals surface area contributed by atoms with Crippen molar-refractivity contribution < 1.29 is 14.4 Å². The molecule has 4 aliphatic rings. The molecule has 3 fully saturated rings. The smallest absolute Gasteiger partial charge is 0.234 e. The summed E-state index contributed by atoms with van der Waals surface area (Å²) < 4.78 is 0. The van der Waals surface area contributed by atoms with Crippen LogP contribution in [0.5, 0.6) is 0 Å². The SMILES string of the molecule is CC(C)(C)N1C(=O)[C@@H]2[C@@H]3C[C@@H]([C@H]4ON=C(C=Cc5ccccc5)[C@@H]34)[C@@H]2C1=O. The molecule has 5 heteroatoms. The van der Waals surface area contributed by atoms with Crippen LogP contribution in [-0.4, -0.2) is 34.1 Å². The highest BCUT2D eigenvalue weighted by Gasteiger charge is 2.70. The van der Waals surface area contributed by atoms with Gasteiger partial charge >= 0.3 is 0 Å². The molecule has 27 heavy (non-hydrogen) atoms. The Morgan fingerprint density at radius 1 is 1.00 bits per heavy atom.